The smallest absolute Gasteiger partial charge is 0.359 e. The molecule has 0 fully saturated rings. The van der Waals surface area contributed by atoms with Crippen LogP contribution in [0.4, 0.5) is 5.69 Å². The van der Waals surface area contributed by atoms with Crippen molar-refractivity contribution in [3.63, 3.8) is 0 Å². The van der Waals surface area contributed by atoms with E-state index in [0.29, 0.717) is 24.0 Å². The van der Waals surface area contributed by atoms with Crippen LogP contribution < -0.4 is 4.90 Å². The molecule has 28 heavy (non-hydrogen) atoms. The highest BCUT2D eigenvalue weighted by Gasteiger charge is 2.30. The van der Waals surface area contributed by atoms with Crippen LogP contribution >= 0.6 is 0 Å². The Bertz CT molecular complexity index is 1030. The highest BCUT2D eigenvalue weighted by atomic mass is 16.5. The standard InChI is InChI=1S/C22H21N3O3/c1-2-20(21(26)25-13-7-9-15-8-3-6-12-19(15)25)28-22(27)18-14-23-16-10-4-5-11-17(16)24-18/h3-6,8,10-12,14,20H,2,7,9,13H2,1H3. The van der Waals surface area contributed by atoms with Gasteiger partial charge in [-0.2, -0.15) is 0 Å². The molecule has 0 bridgehead atoms. The fourth-order valence-electron chi connectivity index (χ4n) is 3.49. The van der Waals surface area contributed by atoms with Gasteiger partial charge < -0.3 is 9.64 Å². The number of aryl methyl sites for hydroxylation is 1. The summed E-state index contributed by atoms with van der Waals surface area (Å²) in [6, 6.07) is 15.2. The average Bonchev–Trinajstić information content (AvgIpc) is 2.76. The number of amides is 1. The molecule has 1 aromatic heterocycles. The minimum absolute atomic E-state index is 0.101. The molecule has 1 amide bonds. The molecule has 1 unspecified atom stereocenters. The van der Waals surface area contributed by atoms with E-state index in [-0.39, 0.29) is 11.6 Å². The lowest BCUT2D eigenvalue weighted by atomic mass is 10.0. The zero-order valence-corrected chi connectivity index (χ0v) is 15.7. The number of aromatic nitrogens is 2. The minimum atomic E-state index is -0.855. The van der Waals surface area contributed by atoms with Crippen LogP contribution in [0.25, 0.3) is 11.0 Å². The van der Waals surface area contributed by atoms with E-state index < -0.39 is 12.1 Å². The lowest BCUT2D eigenvalue weighted by molar-refractivity contribution is -0.127. The van der Waals surface area contributed by atoms with Gasteiger partial charge in [-0.3, -0.25) is 9.78 Å². The number of hydrogen-bond acceptors (Lipinski definition) is 5. The molecule has 3 aromatic rings. The molecule has 0 N–H and O–H groups in total. The maximum Gasteiger partial charge on any atom is 0.359 e. The number of hydrogen-bond donors (Lipinski definition) is 0. The fraction of sp³-hybridized carbons (Fsp3) is 0.273. The van der Waals surface area contributed by atoms with Gasteiger partial charge in [-0.05, 0) is 43.0 Å². The highest BCUT2D eigenvalue weighted by molar-refractivity contribution is 5.99. The molecule has 142 valence electrons. The number of esters is 1. The van der Waals surface area contributed by atoms with Crippen LogP contribution in [0.15, 0.2) is 54.7 Å². The van der Waals surface area contributed by atoms with Crippen molar-refractivity contribution in [3.05, 3.63) is 66.0 Å². The van der Waals surface area contributed by atoms with Crippen molar-refractivity contribution in [3.8, 4) is 0 Å². The molecule has 6 nitrogen and oxygen atoms in total. The minimum Gasteiger partial charge on any atom is -0.447 e. The zero-order valence-electron chi connectivity index (χ0n) is 15.7. The summed E-state index contributed by atoms with van der Waals surface area (Å²) in [5.41, 5.74) is 3.46. The van der Waals surface area contributed by atoms with Crippen LogP contribution in [0, 0.1) is 0 Å². The summed E-state index contributed by atoms with van der Waals surface area (Å²) in [6.45, 7) is 2.46. The summed E-state index contributed by atoms with van der Waals surface area (Å²) >= 11 is 0. The Morgan fingerprint density at radius 2 is 1.86 bits per heavy atom. The van der Waals surface area contributed by atoms with Crippen LogP contribution in [0.5, 0.6) is 0 Å². The molecular weight excluding hydrogens is 354 g/mol. The summed E-state index contributed by atoms with van der Waals surface area (Å²) in [7, 11) is 0. The van der Waals surface area contributed by atoms with Crippen molar-refractivity contribution in [1.82, 2.24) is 9.97 Å². The van der Waals surface area contributed by atoms with Crippen molar-refractivity contribution in [2.75, 3.05) is 11.4 Å². The van der Waals surface area contributed by atoms with Gasteiger partial charge in [0, 0.05) is 12.2 Å². The summed E-state index contributed by atoms with van der Waals surface area (Å²) in [4.78, 5) is 36.0. The van der Waals surface area contributed by atoms with Crippen LogP contribution in [-0.4, -0.2) is 34.5 Å². The van der Waals surface area contributed by atoms with Crippen LogP contribution in [0.1, 0.15) is 35.8 Å². The van der Waals surface area contributed by atoms with Crippen molar-refractivity contribution >= 4 is 28.6 Å². The second kappa shape index (κ2) is 7.76. The summed E-state index contributed by atoms with van der Waals surface area (Å²) in [5, 5.41) is 0. The van der Waals surface area contributed by atoms with E-state index in [4.69, 9.17) is 4.74 Å². The van der Waals surface area contributed by atoms with E-state index in [0.717, 1.165) is 24.1 Å². The number of nitrogens with zero attached hydrogens (tertiary/aromatic N) is 3. The molecule has 0 spiro atoms. The number of para-hydroxylation sites is 3. The molecular formula is C22H21N3O3. The molecule has 2 aromatic carbocycles. The van der Waals surface area contributed by atoms with Crippen LogP contribution in [0.2, 0.25) is 0 Å². The van der Waals surface area contributed by atoms with Gasteiger partial charge in [0.15, 0.2) is 11.8 Å². The second-order valence-electron chi connectivity index (χ2n) is 6.77. The number of ether oxygens (including phenoxy) is 1. The molecule has 1 aliphatic rings. The second-order valence-corrected chi connectivity index (χ2v) is 6.77. The highest BCUT2D eigenvalue weighted by Crippen LogP contribution is 2.28. The first-order valence-electron chi connectivity index (χ1n) is 9.49. The third kappa shape index (κ3) is 3.45. The van der Waals surface area contributed by atoms with E-state index in [1.807, 2.05) is 49.4 Å². The van der Waals surface area contributed by atoms with Crippen molar-refractivity contribution in [1.29, 1.82) is 0 Å². The normalized spacial score (nSPS) is 14.4. The Labute approximate surface area is 163 Å². The van der Waals surface area contributed by atoms with E-state index >= 15 is 0 Å². The molecule has 4 rings (SSSR count). The van der Waals surface area contributed by atoms with Crippen LogP contribution in [-0.2, 0) is 16.0 Å². The van der Waals surface area contributed by atoms with Gasteiger partial charge in [-0.1, -0.05) is 37.3 Å². The number of fused-ring (bicyclic) bond motifs is 2. The van der Waals surface area contributed by atoms with Gasteiger partial charge >= 0.3 is 5.97 Å². The summed E-state index contributed by atoms with van der Waals surface area (Å²) in [5.74, 6) is -0.833. The first-order chi connectivity index (χ1) is 13.7. The Balaban J connectivity index is 1.54. The Kier molecular flexibility index (Phi) is 5.02. The maximum atomic E-state index is 13.1. The Morgan fingerprint density at radius 1 is 1.11 bits per heavy atom. The molecule has 1 aliphatic heterocycles. The van der Waals surface area contributed by atoms with Gasteiger partial charge in [0.2, 0.25) is 0 Å². The molecule has 0 aliphatic carbocycles. The SMILES string of the molecule is CCC(OC(=O)c1cnc2ccccc2n1)C(=O)N1CCCc2ccccc21. The van der Waals surface area contributed by atoms with Crippen molar-refractivity contribution in [2.45, 2.75) is 32.3 Å². The number of benzene rings is 2. The number of rotatable bonds is 4. The summed E-state index contributed by atoms with van der Waals surface area (Å²) < 4.78 is 5.53. The van der Waals surface area contributed by atoms with E-state index in [9.17, 15) is 9.59 Å². The van der Waals surface area contributed by atoms with Gasteiger partial charge in [0.1, 0.15) is 0 Å². The molecule has 0 radical (unpaired) electrons. The van der Waals surface area contributed by atoms with E-state index in [1.165, 1.54) is 6.20 Å². The van der Waals surface area contributed by atoms with Gasteiger partial charge in [-0.15, -0.1) is 0 Å². The lowest BCUT2D eigenvalue weighted by Gasteiger charge is -2.31. The maximum absolute atomic E-state index is 13.1. The molecule has 0 saturated carbocycles. The van der Waals surface area contributed by atoms with Gasteiger partial charge in [0.25, 0.3) is 5.91 Å². The molecule has 0 saturated heterocycles. The predicted octanol–water partition coefficient (Wildman–Crippen LogP) is 3.54. The van der Waals surface area contributed by atoms with E-state index in [2.05, 4.69) is 9.97 Å². The van der Waals surface area contributed by atoms with Crippen molar-refractivity contribution < 1.29 is 14.3 Å². The first-order valence-corrected chi connectivity index (χ1v) is 9.49. The Morgan fingerprint density at radius 3 is 2.68 bits per heavy atom. The third-order valence-electron chi connectivity index (χ3n) is 4.93. The lowest BCUT2D eigenvalue weighted by Crippen LogP contribution is -2.43. The van der Waals surface area contributed by atoms with Crippen molar-refractivity contribution in [2.24, 2.45) is 0 Å². The largest absolute Gasteiger partial charge is 0.447 e. The molecule has 1 atom stereocenters. The zero-order chi connectivity index (χ0) is 19.5. The quantitative estimate of drug-likeness (QED) is 0.652. The number of carbonyl (C=O) groups excluding carboxylic acids is 2. The predicted molar refractivity (Wildman–Crippen MR) is 106 cm³/mol. The number of carbonyl (C=O) groups is 2. The average molecular weight is 375 g/mol. The molecule has 2 heterocycles. The third-order valence-corrected chi connectivity index (χ3v) is 4.93. The Hall–Kier alpha value is -3.28. The van der Waals surface area contributed by atoms with Gasteiger partial charge in [-0.25, -0.2) is 9.78 Å². The monoisotopic (exact) mass is 375 g/mol. The molecule has 6 heteroatoms. The van der Waals surface area contributed by atoms with Crippen LogP contribution in [0.3, 0.4) is 0 Å². The summed E-state index contributed by atoms with van der Waals surface area (Å²) in [6.07, 6.45) is 2.77. The first kappa shape index (κ1) is 18.1. The fourth-order valence-corrected chi connectivity index (χ4v) is 3.49. The topological polar surface area (TPSA) is 72.4 Å². The van der Waals surface area contributed by atoms with E-state index in [1.54, 1.807) is 11.0 Å². The van der Waals surface area contributed by atoms with Gasteiger partial charge in [0.05, 0.1) is 17.2 Å². The number of anilines is 1.